The second kappa shape index (κ2) is 3.82. The summed E-state index contributed by atoms with van der Waals surface area (Å²) < 4.78 is 2.54. The molecule has 1 nitrogen and oxygen atoms in total. The Hall–Kier alpha value is -0.370. The molecule has 4 fully saturated rings. The molecule has 0 aromatic carbocycles. The molecule has 2 heteroatoms. The van der Waals surface area contributed by atoms with Gasteiger partial charge >= 0.3 is 0 Å². The highest BCUT2D eigenvalue weighted by Gasteiger charge is 2.61. The van der Waals surface area contributed by atoms with Gasteiger partial charge in [-0.3, -0.25) is 0 Å². The number of halogens is 1. The molecule has 0 spiro atoms. The molecule has 5 rings (SSSR count). The van der Waals surface area contributed by atoms with E-state index >= 15 is 0 Å². The van der Waals surface area contributed by atoms with Crippen molar-refractivity contribution in [3.63, 3.8) is 0 Å². The molecule has 2 unspecified atom stereocenters. The van der Waals surface area contributed by atoms with E-state index in [1.54, 1.807) is 0 Å². The van der Waals surface area contributed by atoms with Crippen LogP contribution in [0, 0.1) is 17.3 Å². The van der Waals surface area contributed by atoms with Gasteiger partial charge in [-0.15, -0.1) is 0 Å². The average Bonchev–Trinajstić information content (AvgIpc) is 2.38. The summed E-state index contributed by atoms with van der Waals surface area (Å²) in [5.74, 6) is 1.97. The van der Waals surface area contributed by atoms with Crippen LogP contribution in [0.3, 0.4) is 0 Å². The molecule has 4 aliphatic rings. The molecule has 1 aromatic rings. The fourth-order valence-corrected chi connectivity index (χ4v) is 6.23. The first-order valence-electron chi connectivity index (χ1n) is 7.26. The van der Waals surface area contributed by atoms with Crippen molar-refractivity contribution >= 4 is 15.9 Å². The van der Waals surface area contributed by atoms with E-state index in [2.05, 4.69) is 51.1 Å². The fourth-order valence-electron chi connectivity index (χ4n) is 5.58. The van der Waals surface area contributed by atoms with Crippen molar-refractivity contribution in [2.75, 3.05) is 5.33 Å². The Morgan fingerprint density at radius 2 is 1.67 bits per heavy atom. The Labute approximate surface area is 118 Å². The lowest BCUT2D eigenvalue weighted by Crippen LogP contribution is -2.67. The van der Waals surface area contributed by atoms with Gasteiger partial charge in [-0.25, -0.2) is 0 Å². The van der Waals surface area contributed by atoms with Gasteiger partial charge in [-0.1, -0.05) is 22.0 Å². The first kappa shape index (κ1) is 11.5. The monoisotopic (exact) mass is 306 g/mol. The minimum atomic E-state index is 0.444. The molecule has 96 valence electrons. The summed E-state index contributed by atoms with van der Waals surface area (Å²) >= 11 is 3.83. The standard InChI is InChI=1S/C16H21BrN/c17-12-15-7-13-6-14(8-15)10-16(9-13,11-15)18-4-2-1-3-5-18/h1-5,13-14H,6-12H2/q+1/t13-,14+,15?,16?. The van der Waals surface area contributed by atoms with Gasteiger partial charge in [0, 0.05) is 36.7 Å². The van der Waals surface area contributed by atoms with Gasteiger partial charge in [0.15, 0.2) is 17.9 Å². The molecule has 0 saturated heterocycles. The van der Waals surface area contributed by atoms with E-state index in [1.807, 2.05) is 0 Å². The molecule has 0 amide bonds. The van der Waals surface area contributed by atoms with Crippen LogP contribution in [0.25, 0.3) is 0 Å². The first-order chi connectivity index (χ1) is 8.74. The van der Waals surface area contributed by atoms with Crippen LogP contribution in [0.4, 0.5) is 0 Å². The maximum Gasteiger partial charge on any atom is 0.169 e. The van der Waals surface area contributed by atoms with Crippen LogP contribution in [-0.4, -0.2) is 5.33 Å². The second-order valence-corrected chi connectivity index (χ2v) is 7.66. The molecule has 4 bridgehead atoms. The number of pyridine rings is 1. The van der Waals surface area contributed by atoms with Gasteiger partial charge in [0.25, 0.3) is 0 Å². The molecule has 4 atom stereocenters. The number of hydrogen-bond acceptors (Lipinski definition) is 0. The van der Waals surface area contributed by atoms with Gasteiger partial charge in [-0.2, -0.15) is 4.57 Å². The zero-order valence-corrected chi connectivity index (χ0v) is 12.4. The number of hydrogen-bond donors (Lipinski definition) is 0. The van der Waals surface area contributed by atoms with Crippen molar-refractivity contribution in [3.05, 3.63) is 30.6 Å². The molecule has 4 aliphatic carbocycles. The normalized spacial score (nSPS) is 45.4. The van der Waals surface area contributed by atoms with Crippen molar-refractivity contribution in [3.8, 4) is 0 Å². The summed E-state index contributed by atoms with van der Waals surface area (Å²) in [6.07, 6.45) is 13.3. The van der Waals surface area contributed by atoms with E-state index in [0.29, 0.717) is 11.0 Å². The topological polar surface area (TPSA) is 3.88 Å². The predicted molar refractivity (Wildman–Crippen MR) is 75.5 cm³/mol. The van der Waals surface area contributed by atoms with Crippen molar-refractivity contribution in [2.45, 2.75) is 44.1 Å². The van der Waals surface area contributed by atoms with Crippen LogP contribution in [0.5, 0.6) is 0 Å². The number of rotatable bonds is 2. The quantitative estimate of drug-likeness (QED) is 0.580. The van der Waals surface area contributed by atoms with E-state index in [4.69, 9.17) is 0 Å². The number of aromatic nitrogens is 1. The van der Waals surface area contributed by atoms with Crippen LogP contribution in [0.1, 0.15) is 38.5 Å². The van der Waals surface area contributed by atoms with Gasteiger partial charge in [0.05, 0.1) is 0 Å². The molecular weight excluding hydrogens is 286 g/mol. The zero-order chi connectivity index (χ0) is 12.2. The molecule has 4 saturated carbocycles. The molecule has 1 heterocycles. The largest absolute Gasteiger partial charge is 0.200 e. The maximum absolute atomic E-state index is 3.83. The third kappa shape index (κ3) is 1.54. The second-order valence-electron chi connectivity index (χ2n) is 7.10. The third-order valence-electron chi connectivity index (χ3n) is 5.70. The van der Waals surface area contributed by atoms with Crippen LogP contribution in [0.15, 0.2) is 30.6 Å². The highest BCUT2D eigenvalue weighted by Crippen LogP contribution is 2.63. The summed E-state index contributed by atoms with van der Waals surface area (Å²) in [7, 11) is 0. The van der Waals surface area contributed by atoms with Gasteiger partial charge in [-0.05, 0) is 36.5 Å². The highest BCUT2D eigenvalue weighted by atomic mass is 79.9. The van der Waals surface area contributed by atoms with E-state index in [0.717, 1.165) is 11.8 Å². The van der Waals surface area contributed by atoms with E-state index in [1.165, 1.54) is 43.9 Å². The van der Waals surface area contributed by atoms with Crippen LogP contribution < -0.4 is 4.57 Å². The molecule has 1 aromatic heterocycles. The Balaban J connectivity index is 1.78. The summed E-state index contributed by atoms with van der Waals surface area (Å²) in [4.78, 5) is 0. The van der Waals surface area contributed by atoms with Gasteiger partial charge < -0.3 is 0 Å². The minimum absolute atomic E-state index is 0.444. The van der Waals surface area contributed by atoms with Crippen molar-refractivity contribution in [1.82, 2.24) is 0 Å². The first-order valence-corrected chi connectivity index (χ1v) is 8.39. The molecule has 18 heavy (non-hydrogen) atoms. The average molecular weight is 307 g/mol. The molecular formula is C16H21BrN+. The van der Waals surface area contributed by atoms with Gasteiger partial charge in [0.2, 0.25) is 0 Å². The Bertz CT molecular complexity index is 441. The highest BCUT2D eigenvalue weighted by molar-refractivity contribution is 9.09. The Morgan fingerprint density at radius 3 is 2.28 bits per heavy atom. The Kier molecular flexibility index (Phi) is 2.43. The third-order valence-corrected chi connectivity index (χ3v) is 6.89. The lowest BCUT2D eigenvalue weighted by atomic mass is 9.47. The molecule has 0 radical (unpaired) electrons. The smallest absolute Gasteiger partial charge is 0.169 e. The van der Waals surface area contributed by atoms with Gasteiger partial charge in [0.1, 0.15) is 0 Å². The number of nitrogens with zero attached hydrogens (tertiary/aromatic N) is 1. The summed E-state index contributed by atoms with van der Waals surface area (Å²) in [6.45, 7) is 0. The summed E-state index contributed by atoms with van der Waals surface area (Å²) in [5.41, 5.74) is 1.05. The van der Waals surface area contributed by atoms with Crippen molar-refractivity contribution in [1.29, 1.82) is 0 Å². The predicted octanol–water partition coefficient (Wildman–Crippen LogP) is 3.66. The summed E-state index contributed by atoms with van der Waals surface area (Å²) in [5, 5.41) is 1.21. The number of alkyl halides is 1. The van der Waals surface area contributed by atoms with Crippen LogP contribution >= 0.6 is 15.9 Å². The molecule has 0 N–H and O–H groups in total. The maximum atomic E-state index is 3.83. The SMILES string of the molecule is BrCC12C[C@H]3C[C@@H](C1)CC([n+]1ccccc1)(C3)C2. The van der Waals surface area contributed by atoms with Crippen LogP contribution in [0.2, 0.25) is 0 Å². The lowest BCUT2D eigenvalue weighted by molar-refractivity contribution is -0.778. The zero-order valence-electron chi connectivity index (χ0n) is 10.8. The summed E-state index contributed by atoms with van der Waals surface area (Å²) in [6, 6.07) is 6.52. The van der Waals surface area contributed by atoms with Crippen molar-refractivity contribution in [2.24, 2.45) is 17.3 Å². The van der Waals surface area contributed by atoms with Crippen LogP contribution in [-0.2, 0) is 5.54 Å². The lowest BCUT2D eigenvalue weighted by Gasteiger charge is -2.58. The van der Waals surface area contributed by atoms with Crippen molar-refractivity contribution < 1.29 is 4.57 Å². The molecule has 0 aliphatic heterocycles. The fraction of sp³-hybridized carbons (Fsp3) is 0.688. The Morgan fingerprint density at radius 1 is 1.00 bits per heavy atom. The minimum Gasteiger partial charge on any atom is -0.200 e. The van der Waals surface area contributed by atoms with E-state index in [-0.39, 0.29) is 0 Å². The van der Waals surface area contributed by atoms with E-state index in [9.17, 15) is 0 Å². The van der Waals surface area contributed by atoms with E-state index < -0.39 is 0 Å².